The highest BCUT2D eigenvalue weighted by atomic mass is 32.2. The van der Waals surface area contributed by atoms with Gasteiger partial charge in [0.1, 0.15) is 0 Å². The largest absolute Gasteiger partial charge is 0.316 e. The lowest BCUT2D eigenvalue weighted by molar-refractivity contribution is 0.576. The molecule has 0 bridgehead atoms. The van der Waals surface area contributed by atoms with Gasteiger partial charge >= 0.3 is 0 Å². The highest BCUT2D eigenvalue weighted by Crippen LogP contribution is 2.25. The second kappa shape index (κ2) is 5.78. The van der Waals surface area contributed by atoms with Crippen molar-refractivity contribution in [3.63, 3.8) is 0 Å². The molecule has 1 saturated carbocycles. The molecule has 1 aliphatic rings. The van der Waals surface area contributed by atoms with Crippen molar-refractivity contribution in [1.29, 1.82) is 0 Å². The molecule has 1 aliphatic carbocycles. The number of benzene rings is 1. The van der Waals surface area contributed by atoms with Crippen molar-refractivity contribution in [2.75, 3.05) is 7.05 Å². The molecule has 2 nitrogen and oxygen atoms in total. The lowest BCUT2D eigenvalue weighted by Crippen LogP contribution is -2.36. The first kappa shape index (κ1) is 12.8. The highest BCUT2D eigenvalue weighted by molar-refractivity contribution is 7.84. The maximum absolute atomic E-state index is 12.4. The molecule has 1 aromatic rings. The maximum Gasteiger partial charge on any atom is 0.0504 e. The predicted octanol–water partition coefficient (Wildman–Crippen LogP) is 2.38. The smallest absolute Gasteiger partial charge is 0.0504 e. The highest BCUT2D eigenvalue weighted by Gasteiger charge is 2.30. The molecule has 2 rings (SSSR count). The van der Waals surface area contributed by atoms with Gasteiger partial charge in [-0.3, -0.25) is 4.21 Å². The summed E-state index contributed by atoms with van der Waals surface area (Å²) in [5, 5.41) is 3.63. The zero-order valence-electron chi connectivity index (χ0n) is 10.6. The maximum atomic E-state index is 12.4. The van der Waals surface area contributed by atoms with Gasteiger partial charge in [-0.05, 0) is 32.4 Å². The summed E-state index contributed by atoms with van der Waals surface area (Å²) in [7, 11) is 1.23. The Morgan fingerprint density at radius 2 is 2.24 bits per heavy atom. The molecule has 3 heteroatoms. The van der Waals surface area contributed by atoms with Crippen molar-refractivity contribution in [3.8, 4) is 0 Å². The van der Waals surface area contributed by atoms with E-state index in [2.05, 4.69) is 30.4 Å². The van der Waals surface area contributed by atoms with Gasteiger partial charge < -0.3 is 5.32 Å². The summed E-state index contributed by atoms with van der Waals surface area (Å²) in [5.74, 6) is 0.699. The molecule has 0 saturated heterocycles. The number of nitrogens with one attached hydrogen (secondary N) is 1. The van der Waals surface area contributed by atoms with Crippen molar-refractivity contribution in [2.24, 2.45) is 0 Å². The molecule has 1 aromatic carbocycles. The predicted molar refractivity (Wildman–Crippen MR) is 73.5 cm³/mol. The molecule has 0 radical (unpaired) electrons. The van der Waals surface area contributed by atoms with Gasteiger partial charge in [0.2, 0.25) is 0 Å². The molecule has 0 aromatic heterocycles. The Hall–Kier alpha value is -0.670. The van der Waals surface area contributed by atoms with Gasteiger partial charge in [0.25, 0.3) is 0 Å². The molecule has 1 N–H and O–H groups in total. The zero-order chi connectivity index (χ0) is 12.3. The van der Waals surface area contributed by atoms with Crippen LogP contribution in [0.3, 0.4) is 0 Å². The Morgan fingerprint density at radius 1 is 1.41 bits per heavy atom. The van der Waals surface area contributed by atoms with Crippen LogP contribution in [0.15, 0.2) is 24.3 Å². The first-order valence-corrected chi connectivity index (χ1v) is 7.69. The Morgan fingerprint density at radius 3 is 2.94 bits per heavy atom. The Bertz CT molecular complexity index is 405. The van der Waals surface area contributed by atoms with E-state index in [-0.39, 0.29) is 0 Å². The van der Waals surface area contributed by atoms with E-state index in [1.165, 1.54) is 24.0 Å². The third-order valence-corrected chi connectivity index (χ3v) is 5.41. The molecular weight excluding hydrogens is 230 g/mol. The molecule has 94 valence electrons. The average Bonchev–Trinajstić information content (AvgIpc) is 2.77. The van der Waals surface area contributed by atoms with Gasteiger partial charge in [-0.2, -0.15) is 0 Å². The minimum atomic E-state index is -0.747. The van der Waals surface area contributed by atoms with Crippen LogP contribution in [-0.4, -0.2) is 22.5 Å². The van der Waals surface area contributed by atoms with E-state index < -0.39 is 10.8 Å². The molecule has 0 aliphatic heterocycles. The van der Waals surface area contributed by atoms with Crippen LogP contribution in [-0.2, 0) is 16.6 Å². The topological polar surface area (TPSA) is 29.1 Å². The van der Waals surface area contributed by atoms with Crippen LogP contribution in [0.1, 0.15) is 30.4 Å². The van der Waals surface area contributed by atoms with Gasteiger partial charge in [-0.15, -0.1) is 0 Å². The number of aryl methyl sites for hydroxylation is 1. The van der Waals surface area contributed by atoms with Crippen LogP contribution in [0.2, 0.25) is 0 Å². The molecule has 0 heterocycles. The van der Waals surface area contributed by atoms with Crippen LogP contribution >= 0.6 is 0 Å². The first-order chi connectivity index (χ1) is 8.20. The minimum absolute atomic E-state index is 0.334. The van der Waals surface area contributed by atoms with E-state index in [0.29, 0.717) is 17.0 Å². The lowest BCUT2D eigenvalue weighted by Gasteiger charge is -2.18. The molecule has 0 amide bonds. The van der Waals surface area contributed by atoms with Gasteiger partial charge in [-0.1, -0.05) is 36.2 Å². The van der Waals surface area contributed by atoms with Crippen molar-refractivity contribution in [3.05, 3.63) is 35.4 Å². The summed E-state index contributed by atoms with van der Waals surface area (Å²) >= 11 is 0. The third-order valence-electron chi connectivity index (χ3n) is 3.55. The molecular formula is C14H21NOS. The van der Waals surface area contributed by atoms with Gasteiger partial charge in [0.05, 0.1) is 5.25 Å². The fraction of sp³-hybridized carbons (Fsp3) is 0.571. The Balaban J connectivity index is 2.01. The summed E-state index contributed by atoms with van der Waals surface area (Å²) in [6.45, 7) is 2.08. The fourth-order valence-corrected chi connectivity index (χ4v) is 4.43. The molecule has 0 spiro atoms. The first-order valence-electron chi connectivity index (χ1n) is 6.30. The van der Waals surface area contributed by atoms with Crippen LogP contribution in [0.4, 0.5) is 0 Å². The van der Waals surface area contributed by atoms with Crippen LogP contribution < -0.4 is 5.32 Å². The summed E-state index contributed by atoms with van der Waals surface area (Å²) < 4.78 is 12.4. The summed E-state index contributed by atoms with van der Waals surface area (Å²) in [6.07, 6.45) is 3.47. The lowest BCUT2D eigenvalue weighted by atomic mass is 10.2. The molecule has 1 fully saturated rings. The van der Waals surface area contributed by atoms with E-state index in [0.717, 1.165) is 6.42 Å². The summed E-state index contributed by atoms with van der Waals surface area (Å²) in [5.41, 5.74) is 2.45. The Labute approximate surface area is 106 Å². The van der Waals surface area contributed by atoms with Gasteiger partial charge in [0.15, 0.2) is 0 Å². The van der Waals surface area contributed by atoms with Crippen LogP contribution in [0.25, 0.3) is 0 Å². The fourth-order valence-electron chi connectivity index (χ4n) is 2.64. The van der Waals surface area contributed by atoms with E-state index in [9.17, 15) is 4.21 Å². The standard InChI is InChI=1S/C14H21NOS/c1-11-5-3-6-12(9-11)10-17(16)14-8-4-7-13(14)15-2/h3,5-6,9,13-15H,4,7-8,10H2,1-2H3. The monoisotopic (exact) mass is 251 g/mol. The van der Waals surface area contributed by atoms with Gasteiger partial charge in [-0.25, -0.2) is 0 Å². The van der Waals surface area contributed by atoms with Crippen LogP contribution in [0.5, 0.6) is 0 Å². The SMILES string of the molecule is CNC1CCCC1S(=O)Cc1cccc(C)c1. The molecule has 3 atom stereocenters. The van der Waals surface area contributed by atoms with E-state index in [1.807, 2.05) is 13.1 Å². The van der Waals surface area contributed by atoms with E-state index in [1.54, 1.807) is 0 Å². The van der Waals surface area contributed by atoms with E-state index >= 15 is 0 Å². The minimum Gasteiger partial charge on any atom is -0.316 e. The van der Waals surface area contributed by atoms with Crippen molar-refractivity contribution in [2.45, 2.75) is 43.2 Å². The summed E-state index contributed by atoms with van der Waals surface area (Å²) in [4.78, 5) is 0. The molecule has 17 heavy (non-hydrogen) atoms. The number of rotatable bonds is 4. The number of hydrogen-bond acceptors (Lipinski definition) is 2. The van der Waals surface area contributed by atoms with Crippen molar-refractivity contribution >= 4 is 10.8 Å². The number of hydrogen-bond donors (Lipinski definition) is 1. The van der Waals surface area contributed by atoms with Gasteiger partial charge in [0, 0.05) is 22.6 Å². The Kier molecular flexibility index (Phi) is 4.35. The molecule has 3 unspecified atom stereocenters. The van der Waals surface area contributed by atoms with Crippen molar-refractivity contribution < 1.29 is 4.21 Å². The van der Waals surface area contributed by atoms with Crippen LogP contribution in [0, 0.1) is 6.92 Å². The average molecular weight is 251 g/mol. The normalized spacial score (nSPS) is 26.0. The zero-order valence-corrected chi connectivity index (χ0v) is 11.4. The van der Waals surface area contributed by atoms with E-state index in [4.69, 9.17) is 0 Å². The second-order valence-corrected chi connectivity index (χ2v) is 6.53. The second-order valence-electron chi connectivity index (χ2n) is 4.88. The third kappa shape index (κ3) is 3.17. The quantitative estimate of drug-likeness (QED) is 0.890. The summed E-state index contributed by atoms with van der Waals surface area (Å²) in [6, 6.07) is 8.79. The van der Waals surface area contributed by atoms with Crippen molar-refractivity contribution in [1.82, 2.24) is 5.32 Å².